The fourth-order valence-corrected chi connectivity index (χ4v) is 2.10. The summed E-state index contributed by atoms with van der Waals surface area (Å²) in [6, 6.07) is 1.74. The van der Waals surface area contributed by atoms with Crippen molar-refractivity contribution in [2.45, 2.75) is 25.7 Å². The molecule has 1 atom stereocenters. The highest BCUT2D eigenvalue weighted by Crippen LogP contribution is 2.22. The van der Waals surface area contributed by atoms with Crippen LogP contribution in [0.25, 0.3) is 0 Å². The van der Waals surface area contributed by atoms with Crippen molar-refractivity contribution in [1.29, 1.82) is 0 Å². The Morgan fingerprint density at radius 3 is 3.06 bits per heavy atom. The maximum Gasteiger partial charge on any atom is 0.339 e. The summed E-state index contributed by atoms with van der Waals surface area (Å²) in [5.74, 6) is -0.881. The third-order valence-electron chi connectivity index (χ3n) is 2.22. The summed E-state index contributed by atoms with van der Waals surface area (Å²) in [6.07, 6.45) is -0.169. The molecule has 5 heteroatoms. The molecule has 16 heavy (non-hydrogen) atoms. The third-order valence-corrected chi connectivity index (χ3v) is 2.91. The van der Waals surface area contributed by atoms with E-state index in [9.17, 15) is 4.79 Å². The lowest BCUT2D eigenvalue weighted by atomic mass is 10.3. The molecular formula is C11H14O4S. The van der Waals surface area contributed by atoms with Gasteiger partial charge in [-0.15, -0.1) is 0 Å². The van der Waals surface area contributed by atoms with E-state index in [-0.39, 0.29) is 18.7 Å². The van der Waals surface area contributed by atoms with Gasteiger partial charge in [-0.25, -0.2) is 4.79 Å². The molecule has 0 amide bonds. The van der Waals surface area contributed by atoms with Crippen molar-refractivity contribution >= 4 is 17.3 Å². The quantitative estimate of drug-likeness (QED) is 0.761. The molecule has 2 heterocycles. The molecule has 0 saturated carbocycles. The molecular weight excluding hydrogens is 228 g/mol. The average molecular weight is 242 g/mol. The van der Waals surface area contributed by atoms with Gasteiger partial charge < -0.3 is 14.2 Å². The van der Waals surface area contributed by atoms with Gasteiger partial charge in [0.25, 0.3) is 0 Å². The van der Waals surface area contributed by atoms with Crippen molar-refractivity contribution in [2.24, 2.45) is 0 Å². The van der Waals surface area contributed by atoms with Crippen LogP contribution in [-0.4, -0.2) is 31.1 Å². The van der Waals surface area contributed by atoms with Gasteiger partial charge in [-0.1, -0.05) is 0 Å². The maximum atomic E-state index is 11.5. The van der Waals surface area contributed by atoms with E-state index in [1.54, 1.807) is 11.4 Å². The molecule has 0 radical (unpaired) electrons. The van der Waals surface area contributed by atoms with Crippen LogP contribution in [0.3, 0.4) is 0 Å². The van der Waals surface area contributed by atoms with Crippen LogP contribution < -0.4 is 0 Å². The first-order chi connectivity index (χ1) is 7.57. The number of hydrogen-bond acceptors (Lipinski definition) is 5. The minimum absolute atomic E-state index is 0.169. The lowest BCUT2D eigenvalue weighted by Crippen LogP contribution is -2.25. The Morgan fingerprint density at radius 2 is 2.50 bits per heavy atom. The molecule has 1 fully saturated rings. The van der Waals surface area contributed by atoms with E-state index < -0.39 is 5.79 Å². The Bertz CT molecular complexity index is 358. The standard InChI is InChI=1S/C11H14O4S/c1-11(2)14-6-9(15-11)5-13-10(12)8-3-4-16-7-8/h3-4,7,9H,5-6H2,1-2H3/t9-/m0/s1. The lowest BCUT2D eigenvalue weighted by Gasteiger charge is -2.16. The first-order valence-electron chi connectivity index (χ1n) is 5.08. The van der Waals surface area contributed by atoms with Gasteiger partial charge in [0.15, 0.2) is 5.79 Å². The molecule has 0 aromatic carbocycles. The van der Waals surface area contributed by atoms with Gasteiger partial charge >= 0.3 is 5.97 Å². The summed E-state index contributed by atoms with van der Waals surface area (Å²) in [4.78, 5) is 11.5. The van der Waals surface area contributed by atoms with Crippen LogP contribution in [0.15, 0.2) is 16.8 Å². The molecule has 1 aromatic rings. The van der Waals surface area contributed by atoms with Crippen LogP contribution in [0.2, 0.25) is 0 Å². The topological polar surface area (TPSA) is 44.8 Å². The van der Waals surface area contributed by atoms with Gasteiger partial charge in [0, 0.05) is 5.38 Å². The van der Waals surface area contributed by atoms with Crippen LogP contribution in [0.1, 0.15) is 24.2 Å². The van der Waals surface area contributed by atoms with Crippen molar-refractivity contribution in [3.63, 3.8) is 0 Å². The molecule has 0 spiro atoms. The third kappa shape index (κ3) is 2.81. The van der Waals surface area contributed by atoms with Crippen molar-refractivity contribution < 1.29 is 19.0 Å². The average Bonchev–Trinajstić information content (AvgIpc) is 2.83. The second-order valence-electron chi connectivity index (χ2n) is 4.06. The van der Waals surface area contributed by atoms with E-state index >= 15 is 0 Å². The number of carbonyl (C=O) groups is 1. The summed E-state index contributed by atoms with van der Waals surface area (Å²) in [5, 5.41) is 3.60. The molecule has 1 saturated heterocycles. The molecule has 1 aromatic heterocycles. The van der Waals surface area contributed by atoms with Crippen molar-refractivity contribution in [3.8, 4) is 0 Å². The molecule has 4 nitrogen and oxygen atoms in total. The molecule has 1 aliphatic rings. The van der Waals surface area contributed by atoms with E-state index in [1.807, 2.05) is 19.2 Å². The summed E-state index contributed by atoms with van der Waals surface area (Å²) in [6.45, 7) is 4.38. The highest BCUT2D eigenvalue weighted by Gasteiger charge is 2.33. The van der Waals surface area contributed by atoms with Gasteiger partial charge in [-0.2, -0.15) is 11.3 Å². The number of rotatable bonds is 3. The van der Waals surface area contributed by atoms with E-state index in [2.05, 4.69) is 0 Å². The second kappa shape index (κ2) is 4.53. The molecule has 0 unspecified atom stereocenters. The normalized spacial score (nSPS) is 23.2. The number of ether oxygens (including phenoxy) is 3. The highest BCUT2D eigenvalue weighted by atomic mass is 32.1. The number of hydrogen-bond donors (Lipinski definition) is 0. The zero-order valence-electron chi connectivity index (χ0n) is 9.26. The van der Waals surface area contributed by atoms with E-state index in [0.29, 0.717) is 12.2 Å². The van der Waals surface area contributed by atoms with Crippen molar-refractivity contribution in [3.05, 3.63) is 22.4 Å². The number of thiophene rings is 1. The Balaban J connectivity index is 1.79. The van der Waals surface area contributed by atoms with Crippen LogP contribution in [0.4, 0.5) is 0 Å². The van der Waals surface area contributed by atoms with Crippen molar-refractivity contribution in [2.75, 3.05) is 13.2 Å². The van der Waals surface area contributed by atoms with E-state index in [0.717, 1.165) is 0 Å². The Kier molecular flexibility index (Phi) is 3.28. The Morgan fingerprint density at radius 1 is 1.69 bits per heavy atom. The van der Waals surface area contributed by atoms with Gasteiger partial charge in [0.05, 0.1) is 12.2 Å². The van der Waals surface area contributed by atoms with Crippen LogP contribution in [0, 0.1) is 0 Å². The highest BCUT2D eigenvalue weighted by molar-refractivity contribution is 7.08. The smallest absolute Gasteiger partial charge is 0.339 e. The van der Waals surface area contributed by atoms with Gasteiger partial charge in [0.1, 0.15) is 12.7 Å². The predicted octanol–water partition coefficient (Wildman–Crippen LogP) is 2.06. The zero-order chi connectivity index (χ0) is 11.6. The molecule has 1 aliphatic heterocycles. The SMILES string of the molecule is CC1(C)OC[C@H](COC(=O)c2ccsc2)O1. The maximum absolute atomic E-state index is 11.5. The van der Waals surface area contributed by atoms with Crippen molar-refractivity contribution in [1.82, 2.24) is 0 Å². The molecule has 2 rings (SSSR count). The largest absolute Gasteiger partial charge is 0.459 e. The fourth-order valence-electron chi connectivity index (χ4n) is 1.48. The minimum atomic E-state index is -0.570. The van der Waals surface area contributed by atoms with Crippen LogP contribution in [-0.2, 0) is 14.2 Å². The molecule has 0 N–H and O–H groups in total. The molecule has 0 aliphatic carbocycles. The molecule has 88 valence electrons. The van der Waals surface area contributed by atoms with Crippen LogP contribution >= 0.6 is 11.3 Å². The minimum Gasteiger partial charge on any atom is -0.459 e. The Hall–Kier alpha value is -0.910. The molecule has 0 bridgehead atoms. The number of esters is 1. The first kappa shape index (κ1) is 11.6. The summed E-state index contributed by atoms with van der Waals surface area (Å²) < 4.78 is 16.0. The summed E-state index contributed by atoms with van der Waals surface area (Å²) in [5.41, 5.74) is 0.586. The van der Waals surface area contributed by atoms with E-state index in [4.69, 9.17) is 14.2 Å². The Labute approximate surface area is 98.1 Å². The fraction of sp³-hybridized carbons (Fsp3) is 0.545. The van der Waals surface area contributed by atoms with Crippen LogP contribution in [0.5, 0.6) is 0 Å². The first-order valence-corrected chi connectivity index (χ1v) is 6.02. The van der Waals surface area contributed by atoms with Gasteiger partial charge in [-0.3, -0.25) is 0 Å². The summed E-state index contributed by atoms with van der Waals surface area (Å²) >= 11 is 1.47. The number of carbonyl (C=O) groups excluding carboxylic acids is 1. The predicted molar refractivity (Wildman–Crippen MR) is 59.5 cm³/mol. The van der Waals surface area contributed by atoms with Gasteiger partial charge in [0.2, 0.25) is 0 Å². The van der Waals surface area contributed by atoms with Gasteiger partial charge in [-0.05, 0) is 25.3 Å². The second-order valence-corrected chi connectivity index (χ2v) is 4.84. The van der Waals surface area contributed by atoms with E-state index in [1.165, 1.54) is 11.3 Å². The lowest BCUT2D eigenvalue weighted by molar-refractivity contribution is -0.142. The monoisotopic (exact) mass is 242 g/mol. The zero-order valence-corrected chi connectivity index (χ0v) is 10.1. The summed E-state index contributed by atoms with van der Waals surface area (Å²) in [7, 11) is 0.